The van der Waals surface area contributed by atoms with Gasteiger partial charge in [0.25, 0.3) is 11.7 Å². The van der Waals surface area contributed by atoms with E-state index in [0.717, 1.165) is 16.7 Å². The third kappa shape index (κ3) is 5.16. The molecule has 0 radical (unpaired) electrons. The van der Waals surface area contributed by atoms with E-state index in [1.807, 2.05) is 39.0 Å². The van der Waals surface area contributed by atoms with E-state index in [2.05, 4.69) is 0 Å². The number of rotatable bonds is 8. The summed E-state index contributed by atoms with van der Waals surface area (Å²) >= 11 is 0. The molecule has 37 heavy (non-hydrogen) atoms. The summed E-state index contributed by atoms with van der Waals surface area (Å²) in [7, 11) is 0. The number of phenols is 1. The molecule has 0 bridgehead atoms. The van der Waals surface area contributed by atoms with Crippen LogP contribution in [0.1, 0.15) is 47.7 Å². The minimum Gasteiger partial charge on any atom is -0.507 e. The van der Waals surface area contributed by atoms with Gasteiger partial charge in [-0.1, -0.05) is 42.0 Å². The molecule has 1 unspecified atom stereocenters. The van der Waals surface area contributed by atoms with Crippen molar-refractivity contribution in [2.45, 2.75) is 40.3 Å². The highest BCUT2D eigenvalue weighted by molar-refractivity contribution is 6.46. The van der Waals surface area contributed by atoms with Crippen LogP contribution in [0.3, 0.4) is 0 Å². The topological polar surface area (TPSA) is 96.3 Å². The lowest BCUT2D eigenvalue weighted by atomic mass is 9.94. The summed E-state index contributed by atoms with van der Waals surface area (Å²) in [6, 6.07) is 16.5. The number of aromatic hydroxyl groups is 1. The number of nitrogens with zero attached hydrogens (tertiary/aromatic N) is 1. The first kappa shape index (κ1) is 25.8. The van der Waals surface area contributed by atoms with Gasteiger partial charge in [-0.2, -0.15) is 0 Å². The molecule has 4 rings (SSSR count). The van der Waals surface area contributed by atoms with E-state index in [-0.39, 0.29) is 29.4 Å². The van der Waals surface area contributed by atoms with Gasteiger partial charge in [0.05, 0.1) is 24.8 Å². The van der Waals surface area contributed by atoms with Crippen molar-refractivity contribution in [3.05, 3.63) is 94.1 Å². The van der Waals surface area contributed by atoms with Crippen molar-refractivity contribution in [3.63, 3.8) is 0 Å². The van der Waals surface area contributed by atoms with Crippen LogP contribution in [0.2, 0.25) is 0 Å². The van der Waals surface area contributed by atoms with Crippen LogP contribution in [0.5, 0.6) is 17.2 Å². The van der Waals surface area contributed by atoms with E-state index in [4.69, 9.17) is 9.47 Å². The molecule has 3 aromatic rings. The zero-order valence-electron chi connectivity index (χ0n) is 21.4. The maximum atomic E-state index is 13.4. The molecule has 2 N–H and O–H groups in total. The Kier molecular flexibility index (Phi) is 7.53. The fourth-order valence-electron chi connectivity index (χ4n) is 4.57. The summed E-state index contributed by atoms with van der Waals surface area (Å²) in [6.07, 6.45) is 0. The molecule has 0 saturated carbocycles. The smallest absolute Gasteiger partial charge is 0.295 e. The second-order valence-electron chi connectivity index (χ2n) is 8.98. The average Bonchev–Trinajstić information content (AvgIpc) is 3.12. The van der Waals surface area contributed by atoms with Crippen molar-refractivity contribution < 1.29 is 29.3 Å². The molecule has 192 valence electrons. The number of carbonyl (C=O) groups is 2. The van der Waals surface area contributed by atoms with E-state index in [0.29, 0.717) is 30.1 Å². The summed E-state index contributed by atoms with van der Waals surface area (Å²) in [4.78, 5) is 28.3. The van der Waals surface area contributed by atoms with Crippen LogP contribution in [0.25, 0.3) is 5.76 Å². The van der Waals surface area contributed by atoms with Gasteiger partial charge < -0.3 is 24.6 Å². The summed E-state index contributed by atoms with van der Waals surface area (Å²) in [6.45, 7) is 8.50. The van der Waals surface area contributed by atoms with Crippen LogP contribution in [0, 0.1) is 13.8 Å². The Bertz CT molecular complexity index is 1380. The Morgan fingerprint density at radius 1 is 0.946 bits per heavy atom. The van der Waals surface area contributed by atoms with E-state index >= 15 is 0 Å². The number of aliphatic hydroxyl groups is 1. The Balaban J connectivity index is 1.90. The molecule has 1 saturated heterocycles. The molecule has 7 nitrogen and oxygen atoms in total. The van der Waals surface area contributed by atoms with Crippen LogP contribution in [-0.2, 0) is 16.1 Å². The van der Waals surface area contributed by atoms with E-state index in [1.54, 1.807) is 43.3 Å². The van der Waals surface area contributed by atoms with Gasteiger partial charge in [-0.25, -0.2) is 0 Å². The summed E-state index contributed by atoms with van der Waals surface area (Å²) in [5.41, 5.74) is 3.78. The highest BCUT2D eigenvalue weighted by Crippen LogP contribution is 2.43. The van der Waals surface area contributed by atoms with Crippen molar-refractivity contribution in [1.29, 1.82) is 0 Å². The van der Waals surface area contributed by atoms with Gasteiger partial charge in [-0.3, -0.25) is 9.59 Å². The van der Waals surface area contributed by atoms with E-state index in [1.165, 1.54) is 11.0 Å². The molecule has 0 spiro atoms. The van der Waals surface area contributed by atoms with Gasteiger partial charge in [0.1, 0.15) is 11.5 Å². The van der Waals surface area contributed by atoms with Crippen molar-refractivity contribution in [1.82, 2.24) is 4.90 Å². The van der Waals surface area contributed by atoms with Crippen LogP contribution >= 0.6 is 0 Å². The van der Waals surface area contributed by atoms with Crippen molar-refractivity contribution in [2.75, 3.05) is 13.2 Å². The van der Waals surface area contributed by atoms with Gasteiger partial charge in [-0.15, -0.1) is 0 Å². The minimum atomic E-state index is -0.893. The number of phenolic OH excluding ortho intramolecular Hbond substituents is 1. The van der Waals surface area contributed by atoms with Crippen molar-refractivity contribution in [3.8, 4) is 17.2 Å². The summed E-state index contributed by atoms with van der Waals surface area (Å²) < 4.78 is 11.1. The first-order chi connectivity index (χ1) is 17.7. The molecule has 0 aliphatic carbocycles. The Labute approximate surface area is 216 Å². The number of hydrogen-bond acceptors (Lipinski definition) is 6. The van der Waals surface area contributed by atoms with Gasteiger partial charge >= 0.3 is 0 Å². The summed E-state index contributed by atoms with van der Waals surface area (Å²) in [5, 5.41) is 21.7. The fourth-order valence-corrected chi connectivity index (χ4v) is 4.57. The second-order valence-corrected chi connectivity index (χ2v) is 8.98. The third-order valence-corrected chi connectivity index (χ3v) is 6.40. The number of benzene rings is 3. The number of ketones is 1. The highest BCUT2D eigenvalue weighted by atomic mass is 16.5. The lowest BCUT2D eigenvalue weighted by molar-refractivity contribution is -0.140. The molecule has 1 fully saturated rings. The summed E-state index contributed by atoms with van der Waals surface area (Å²) in [5.74, 6) is -1.06. The Morgan fingerprint density at radius 3 is 2.43 bits per heavy atom. The number of aliphatic hydroxyl groups excluding tert-OH is 1. The number of Topliss-reactive ketones (excluding diaryl/α,β-unsaturated/α-hetero) is 1. The van der Waals surface area contributed by atoms with E-state index in [9.17, 15) is 19.8 Å². The molecular weight excluding hydrogens is 470 g/mol. The lowest BCUT2D eigenvalue weighted by Crippen LogP contribution is -2.29. The molecule has 1 aliphatic rings. The number of ether oxygens (including phenoxy) is 2. The molecule has 1 atom stereocenters. The molecule has 0 aromatic heterocycles. The van der Waals surface area contributed by atoms with Crippen LogP contribution in [0.15, 0.2) is 66.2 Å². The second kappa shape index (κ2) is 10.8. The van der Waals surface area contributed by atoms with Gasteiger partial charge in [0.2, 0.25) is 0 Å². The van der Waals surface area contributed by atoms with Crippen LogP contribution < -0.4 is 9.47 Å². The number of amides is 1. The highest BCUT2D eigenvalue weighted by Gasteiger charge is 2.46. The van der Waals surface area contributed by atoms with Crippen LogP contribution in [0.4, 0.5) is 0 Å². The maximum Gasteiger partial charge on any atom is 0.295 e. The number of carbonyl (C=O) groups excluding carboxylic acids is 2. The standard InChI is InChI=1S/C30H31NO6/c1-5-36-23-9-7-8-21(15-23)28(33)26-27(20-12-13-24(32)25(16-20)37-6-2)31(30(35)29(26)34)17-22-14-18(3)10-11-19(22)4/h7-16,27,32-33H,5-6,17H2,1-4H3/b28-26-. The number of aryl methyl sites for hydroxylation is 2. The first-order valence-electron chi connectivity index (χ1n) is 12.3. The predicted octanol–water partition coefficient (Wildman–Crippen LogP) is 5.43. The Morgan fingerprint density at radius 2 is 1.70 bits per heavy atom. The minimum absolute atomic E-state index is 0.0305. The SMILES string of the molecule is CCOc1cccc(/C(O)=C2/C(=O)C(=O)N(Cc3cc(C)ccc3C)C2c2ccc(O)c(OCC)c2)c1. The zero-order valence-corrected chi connectivity index (χ0v) is 21.4. The van der Waals surface area contributed by atoms with Crippen LogP contribution in [-0.4, -0.2) is 40.0 Å². The molecule has 7 heteroatoms. The molecule has 1 aliphatic heterocycles. The monoisotopic (exact) mass is 501 g/mol. The molecule has 3 aromatic carbocycles. The maximum absolute atomic E-state index is 13.4. The number of likely N-dealkylation sites (tertiary alicyclic amines) is 1. The normalized spacial score (nSPS) is 16.8. The first-order valence-corrected chi connectivity index (χ1v) is 12.3. The van der Waals surface area contributed by atoms with Crippen molar-refractivity contribution >= 4 is 17.4 Å². The van der Waals surface area contributed by atoms with Gasteiger partial charge in [0.15, 0.2) is 11.5 Å². The molecule has 1 amide bonds. The lowest BCUT2D eigenvalue weighted by Gasteiger charge is -2.26. The zero-order chi connectivity index (χ0) is 26.7. The average molecular weight is 502 g/mol. The molecular formula is C30H31NO6. The predicted molar refractivity (Wildman–Crippen MR) is 141 cm³/mol. The van der Waals surface area contributed by atoms with E-state index < -0.39 is 17.7 Å². The fraction of sp³-hybridized carbons (Fsp3) is 0.267. The third-order valence-electron chi connectivity index (χ3n) is 6.40. The largest absolute Gasteiger partial charge is 0.507 e. The van der Waals surface area contributed by atoms with Gasteiger partial charge in [0, 0.05) is 12.1 Å². The van der Waals surface area contributed by atoms with Crippen molar-refractivity contribution in [2.24, 2.45) is 0 Å². The van der Waals surface area contributed by atoms with Gasteiger partial charge in [-0.05, 0) is 68.7 Å². The molecule has 1 heterocycles. The quantitative estimate of drug-likeness (QED) is 0.243. The Hall–Kier alpha value is -4.26. The number of hydrogen-bond donors (Lipinski definition) is 2.